The molecule has 0 aliphatic carbocycles. The first-order valence-corrected chi connectivity index (χ1v) is 5.03. The van der Waals surface area contributed by atoms with Crippen LogP contribution < -0.4 is 10.5 Å². The Hall–Kier alpha value is -1.15. The maximum Gasteiger partial charge on any atom is 0.413 e. The zero-order valence-electron chi connectivity index (χ0n) is 6.94. The molecule has 0 heterocycles. The molecule has 0 atom stereocenters. The van der Waals surface area contributed by atoms with Gasteiger partial charge in [-0.15, -0.1) is 0 Å². The quantitative estimate of drug-likeness (QED) is 0.591. The van der Waals surface area contributed by atoms with E-state index < -0.39 is 27.8 Å². The van der Waals surface area contributed by atoms with Gasteiger partial charge in [-0.2, -0.15) is 0 Å². The van der Waals surface area contributed by atoms with E-state index in [1.54, 1.807) is 12.2 Å². The van der Waals surface area contributed by atoms with Gasteiger partial charge in [0.25, 0.3) is 0 Å². The monoisotopic (exact) mass is 210 g/mol. The lowest BCUT2D eigenvalue weighted by Crippen LogP contribution is -2.37. The fourth-order valence-electron chi connectivity index (χ4n) is 0.500. The first-order chi connectivity index (χ1) is 5.85. The highest BCUT2D eigenvalue weighted by molar-refractivity contribution is 7.89. The smallest absolute Gasteiger partial charge is 0.413 e. The van der Waals surface area contributed by atoms with Crippen LogP contribution in [0.25, 0.3) is 0 Å². The zero-order chi connectivity index (χ0) is 10.5. The van der Waals surface area contributed by atoms with Crippen molar-refractivity contribution >= 4 is 22.0 Å². The molecule has 0 aromatic carbocycles. The Labute approximate surface area is 75.3 Å². The fraction of sp³-hybridized carbons (Fsp3) is 0.600. The van der Waals surface area contributed by atoms with E-state index in [2.05, 4.69) is 9.88 Å². The second-order valence-electron chi connectivity index (χ2n) is 2.08. The molecule has 0 radical (unpaired) electrons. The third-order valence-corrected chi connectivity index (χ3v) is 1.51. The van der Waals surface area contributed by atoms with Crippen molar-refractivity contribution < 1.29 is 22.7 Å². The number of sulfonamides is 1. The molecule has 0 aromatic heterocycles. The summed E-state index contributed by atoms with van der Waals surface area (Å²) < 4.78 is 25.0. The van der Waals surface area contributed by atoms with Gasteiger partial charge in [-0.1, -0.05) is 0 Å². The lowest BCUT2D eigenvalue weighted by Gasteiger charge is -2.02. The molecule has 0 aliphatic heterocycles. The Morgan fingerprint density at radius 1 is 1.46 bits per heavy atom. The predicted molar refractivity (Wildman–Crippen MR) is 43.1 cm³/mol. The Balaban J connectivity index is 3.96. The average Bonchev–Trinajstić information content (AvgIpc) is 1.81. The molecule has 0 saturated carbocycles. The largest absolute Gasteiger partial charge is 0.450 e. The number of carbonyl (C=O) groups excluding carboxylic acids is 2. The Bertz CT molecular complexity index is 296. The van der Waals surface area contributed by atoms with Gasteiger partial charge in [-0.25, -0.2) is 18.4 Å². The van der Waals surface area contributed by atoms with E-state index in [1.807, 2.05) is 0 Å². The van der Waals surface area contributed by atoms with Crippen LogP contribution in [0, 0.1) is 0 Å². The molecule has 2 amide bonds. The minimum atomic E-state index is -3.90. The summed E-state index contributed by atoms with van der Waals surface area (Å²) in [4.78, 5) is 21.2. The molecular weight excluding hydrogens is 200 g/mol. The van der Waals surface area contributed by atoms with Crippen LogP contribution in [-0.2, 0) is 19.6 Å². The van der Waals surface area contributed by atoms with Crippen molar-refractivity contribution in [2.45, 2.75) is 6.92 Å². The minimum Gasteiger partial charge on any atom is -0.450 e. The number of nitrogens with one attached hydrogen (secondary N) is 1. The molecule has 0 spiro atoms. The van der Waals surface area contributed by atoms with Crippen LogP contribution in [0.1, 0.15) is 6.92 Å². The van der Waals surface area contributed by atoms with Crippen molar-refractivity contribution in [1.82, 2.24) is 5.32 Å². The van der Waals surface area contributed by atoms with E-state index in [1.165, 1.54) is 0 Å². The molecule has 0 rings (SSSR count). The number of imide groups is 1. The molecule has 8 heteroatoms. The second kappa shape index (κ2) is 4.77. The summed E-state index contributed by atoms with van der Waals surface area (Å²) in [6, 6.07) is 0. The van der Waals surface area contributed by atoms with E-state index in [0.717, 1.165) is 0 Å². The van der Waals surface area contributed by atoms with E-state index >= 15 is 0 Å². The molecule has 3 N–H and O–H groups in total. The number of alkyl carbamates (subject to hydrolysis) is 1. The Morgan fingerprint density at radius 3 is 2.38 bits per heavy atom. The Kier molecular flexibility index (Phi) is 4.35. The van der Waals surface area contributed by atoms with Crippen molar-refractivity contribution in [2.75, 3.05) is 12.4 Å². The second-order valence-corrected chi connectivity index (χ2v) is 3.69. The lowest BCUT2D eigenvalue weighted by molar-refractivity contribution is -0.118. The van der Waals surface area contributed by atoms with Crippen molar-refractivity contribution in [3.05, 3.63) is 0 Å². The molecule has 7 nitrogen and oxygen atoms in total. The number of hydrogen-bond donors (Lipinski definition) is 2. The number of primary sulfonamides is 1. The zero-order valence-corrected chi connectivity index (χ0v) is 7.76. The standard InChI is InChI=1S/C5H10N2O5S/c1-2-12-5(9)7-4(8)3-13(6,10)11/h2-3H2,1H3,(H2,6,10,11)(H,7,8,9). The molecule has 0 fully saturated rings. The summed E-state index contributed by atoms with van der Waals surface area (Å²) in [5, 5.41) is 6.22. The van der Waals surface area contributed by atoms with Gasteiger partial charge in [-0.3, -0.25) is 10.1 Å². The molecule has 76 valence electrons. The van der Waals surface area contributed by atoms with Gasteiger partial charge in [0.15, 0.2) is 0 Å². The van der Waals surface area contributed by atoms with Crippen molar-refractivity contribution in [1.29, 1.82) is 0 Å². The van der Waals surface area contributed by atoms with Crippen LogP contribution >= 0.6 is 0 Å². The fourth-order valence-corrected chi connectivity index (χ4v) is 0.937. The average molecular weight is 210 g/mol. The summed E-state index contributed by atoms with van der Waals surface area (Å²) in [7, 11) is -3.90. The molecule has 0 aliphatic rings. The van der Waals surface area contributed by atoms with Crippen molar-refractivity contribution in [3.63, 3.8) is 0 Å². The SMILES string of the molecule is CCOC(=O)NC(=O)CS(N)(=O)=O. The van der Waals surface area contributed by atoms with Gasteiger partial charge in [0.2, 0.25) is 15.9 Å². The number of rotatable bonds is 3. The molecule has 0 saturated heterocycles. The predicted octanol–water partition coefficient (Wildman–Crippen LogP) is -1.45. The molecule has 0 aromatic rings. The summed E-state index contributed by atoms with van der Waals surface area (Å²) in [6.07, 6.45) is -0.990. The van der Waals surface area contributed by atoms with Gasteiger partial charge in [-0.05, 0) is 6.92 Å². The van der Waals surface area contributed by atoms with Crippen LogP contribution in [0.2, 0.25) is 0 Å². The summed E-state index contributed by atoms with van der Waals surface area (Å²) in [5.74, 6) is -1.95. The van der Waals surface area contributed by atoms with E-state index in [9.17, 15) is 18.0 Å². The number of amides is 2. The van der Waals surface area contributed by atoms with E-state index in [4.69, 9.17) is 0 Å². The molecule has 0 bridgehead atoms. The lowest BCUT2D eigenvalue weighted by atomic mass is 10.7. The minimum absolute atomic E-state index is 0.0918. The number of hydrogen-bond acceptors (Lipinski definition) is 5. The van der Waals surface area contributed by atoms with Crippen LogP contribution in [0.4, 0.5) is 4.79 Å². The van der Waals surface area contributed by atoms with Gasteiger partial charge >= 0.3 is 6.09 Å². The first-order valence-electron chi connectivity index (χ1n) is 3.32. The van der Waals surface area contributed by atoms with Crippen molar-refractivity contribution in [2.24, 2.45) is 5.14 Å². The van der Waals surface area contributed by atoms with E-state index in [0.29, 0.717) is 0 Å². The summed E-state index contributed by atoms with van der Waals surface area (Å²) in [5.41, 5.74) is 0. The maximum absolute atomic E-state index is 10.7. The van der Waals surface area contributed by atoms with E-state index in [-0.39, 0.29) is 6.61 Å². The molecule has 0 unspecified atom stereocenters. The third kappa shape index (κ3) is 7.22. The van der Waals surface area contributed by atoms with Crippen LogP contribution in [0.5, 0.6) is 0 Å². The van der Waals surface area contributed by atoms with Gasteiger partial charge < -0.3 is 4.74 Å². The van der Waals surface area contributed by atoms with Crippen LogP contribution in [0.3, 0.4) is 0 Å². The molecular formula is C5H10N2O5S. The topological polar surface area (TPSA) is 116 Å². The number of carbonyl (C=O) groups is 2. The first kappa shape index (κ1) is 11.8. The van der Waals surface area contributed by atoms with Gasteiger partial charge in [0, 0.05) is 0 Å². The highest BCUT2D eigenvalue weighted by Crippen LogP contribution is 1.80. The van der Waals surface area contributed by atoms with Crippen LogP contribution in [-0.4, -0.2) is 32.8 Å². The number of ether oxygens (including phenoxy) is 1. The molecule has 13 heavy (non-hydrogen) atoms. The maximum atomic E-state index is 10.7. The highest BCUT2D eigenvalue weighted by atomic mass is 32.2. The third-order valence-electron chi connectivity index (χ3n) is 0.849. The summed E-state index contributed by atoms with van der Waals surface area (Å²) >= 11 is 0. The Morgan fingerprint density at radius 2 is 2.00 bits per heavy atom. The highest BCUT2D eigenvalue weighted by Gasteiger charge is 2.14. The van der Waals surface area contributed by atoms with Gasteiger partial charge in [0.1, 0.15) is 5.75 Å². The van der Waals surface area contributed by atoms with Crippen molar-refractivity contribution in [3.8, 4) is 0 Å². The van der Waals surface area contributed by atoms with Gasteiger partial charge in [0.05, 0.1) is 6.61 Å². The normalized spacial score (nSPS) is 10.6. The number of nitrogens with two attached hydrogens (primary N) is 1. The van der Waals surface area contributed by atoms with Crippen LogP contribution in [0.15, 0.2) is 0 Å². The summed E-state index contributed by atoms with van der Waals surface area (Å²) in [6.45, 7) is 1.64.